The van der Waals surface area contributed by atoms with Gasteiger partial charge in [0, 0.05) is 23.5 Å². The maximum absolute atomic E-state index is 13.5. The fraction of sp³-hybridized carbons (Fsp3) is 0.250. The van der Waals surface area contributed by atoms with Crippen LogP contribution in [0.3, 0.4) is 0 Å². The first-order chi connectivity index (χ1) is 14.9. The Morgan fingerprint density at radius 3 is 2.44 bits per heavy atom. The summed E-state index contributed by atoms with van der Waals surface area (Å²) in [6.45, 7) is 2.44. The number of alkyl halides is 6. The average molecular weight is 456 g/mol. The van der Waals surface area contributed by atoms with Crippen molar-refractivity contribution in [3.8, 4) is 28.6 Å². The molecule has 1 unspecified atom stereocenters. The van der Waals surface area contributed by atoms with Gasteiger partial charge < -0.3 is 13.7 Å². The number of halogens is 6. The number of pyridine rings is 1. The fourth-order valence-electron chi connectivity index (χ4n) is 2.95. The molecule has 0 radical (unpaired) electrons. The SMILES string of the molecule is Cc1cn2ccc(-c3noc(-c4ccc(OC(C)C(F)(F)F)c(C(F)(F)F)c4)n3)cc2n1. The van der Waals surface area contributed by atoms with E-state index in [1.165, 1.54) is 0 Å². The second kappa shape index (κ2) is 7.53. The van der Waals surface area contributed by atoms with Crippen molar-refractivity contribution in [3.63, 3.8) is 0 Å². The van der Waals surface area contributed by atoms with Crippen molar-refractivity contribution < 1.29 is 35.6 Å². The molecule has 12 heteroatoms. The summed E-state index contributed by atoms with van der Waals surface area (Å²) >= 11 is 0. The molecule has 32 heavy (non-hydrogen) atoms. The Bertz CT molecular complexity index is 1280. The normalized spacial score (nSPS) is 13.5. The van der Waals surface area contributed by atoms with Gasteiger partial charge in [-0.1, -0.05) is 5.16 Å². The molecule has 0 saturated carbocycles. The number of imidazole rings is 1. The van der Waals surface area contributed by atoms with Crippen LogP contribution in [-0.4, -0.2) is 31.8 Å². The molecule has 1 atom stereocenters. The van der Waals surface area contributed by atoms with Gasteiger partial charge in [-0.2, -0.15) is 31.3 Å². The highest BCUT2D eigenvalue weighted by molar-refractivity contribution is 5.64. The molecule has 0 spiro atoms. The number of ether oxygens (including phenoxy) is 1. The Morgan fingerprint density at radius 1 is 1.00 bits per heavy atom. The van der Waals surface area contributed by atoms with E-state index in [0.717, 1.165) is 17.8 Å². The number of fused-ring (bicyclic) bond motifs is 1. The van der Waals surface area contributed by atoms with Crippen molar-refractivity contribution in [3.05, 3.63) is 54.0 Å². The van der Waals surface area contributed by atoms with Crippen LogP contribution in [-0.2, 0) is 6.18 Å². The number of benzene rings is 1. The molecule has 4 rings (SSSR count). The zero-order valence-electron chi connectivity index (χ0n) is 16.5. The molecule has 0 bridgehead atoms. The predicted octanol–water partition coefficient (Wildman–Crippen LogP) is 5.71. The number of rotatable bonds is 4. The van der Waals surface area contributed by atoms with Gasteiger partial charge in [-0.05, 0) is 44.2 Å². The van der Waals surface area contributed by atoms with Crippen molar-refractivity contribution in [2.24, 2.45) is 0 Å². The van der Waals surface area contributed by atoms with E-state index in [2.05, 4.69) is 19.9 Å². The molecular formula is C20H14F6N4O2. The Kier molecular flexibility index (Phi) is 5.10. The van der Waals surface area contributed by atoms with Gasteiger partial charge in [-0.15, -0.1) is 0 Å². The van der Waals surface area contributed by atoms with E-state index >= 15 is 0 Å². The number of hydrogen-bond donors (Lipinski definition) is 0. The maximum Gasteiger partial charge on any atom is 0.425 e. The summed E-state index contributed by atoms with van der Waals surface area (Å²) in [5.74, 6) is -1.08. The van der Waals surface area contributed by atoms with Crippen molar-refractivity contribution in [1.29, 1.82) is 0 Å². The van der Waals surface area contributed by atoms with Crippen LogP contribution in [0.15, 0.2) is 47.2 Å². The second-order valence-electron chi connectivity index (χ2n) is 7.00. The second-order valence-corrected chi connectivity index (χ2v) is 7.00. The smallest absolute Gasteiger partial charge is 0.425 e. The van der Waals surface area contributed by atoms with Gasteiger partial charge in [-0.25, -0.2) is 4.98 Å². The van der Waals surface area contributed by atoms with Gasteiger partial charge in [0.25, 0.3) is 5.89 Å². The zero-order valence-corrected chi connectivity index (χ0v) is 16.5. The monoisotopic (exact) mass is 456 g/mol. The molecule has 0 N–H and O–H groups in total. The first-order valence-electron chi connectivity index (χ1n) is 9.16. The lowest BCUT2D eigenvalue weighted by Gasteiger charge is -2.20. The third kappa shape index (κ3) is 4.25. The van der Waals surface area contributed by atoms with Crippen LogP contribution in [0.25, 0.3) is 28.5 Å². The molecule has 0 aliphatic heterocycles. The van der Waals surface area contributed by atoms with E-state index in [-0.39, 0.29) is 17.3 Å². The quantitative estimate of drug-likeness (QED) is 0.368. The van der Waals surface area contributed by atoms with Gasteiger partial charge in [0.15, 0.2) is 6.10 Å². The van der Waals surface area contributed by atoms with Crippen molar-refractivity contribution in [1.82, 2.24) is 19.5 Å². The van der Waals surface area contributed by atoms with Crippen LogP contribution in [0.5, 0.6) is 5.75 Å². The molecule has 6 nitrogen and oxygen atoms in total. The highest BCUT2D eigenvalue weighted by Crippen LogP contribution is 2.40. The summed E-state index contributed by atoms with van der Waals surface area (Å²) in [6, 6.07) is 5.88. The van der Waals surface area contributed by atoms with E-state index in [1.54, 1.807) is 22.7 Å². The van der Waals surface area contributed by atoms with E-state index in [9.17, 15) is 26.3 Å². The topological polar surface area (TPSA) is 65.5 Å². The molecular weight excluding hydrogens is 442 g/mol. The van der Waals surface area contributed by atoms with Crippen molar-refractivity contribution in [2.75, 3.05) is 0 Å². The lowest BCUT2D eigenvalue weighted by Crippen LogP contribution is -2.31. The summed E-state index contributed by atoms with van der Waals surface area (Å²) < 4.78 is 90.0. The summed E-state index contributed by atoms with van der Waals surface area (Å²) in [5, 5.41) is 3.79. The van der Waals surface area contributed by atoms with Crippen LogP contribution < -0.4 is 4.74 Å². The minimum atomic E-state index is -4.97. The van der Waals surface area contributed by atoms with Crippen LogP contribution in [0.4, 0.5) is 26.3 Å². The first-order valence-corrected chi connectivity index (χ1v) is 9.16. The average Bonchev–Trinajstić information content (AvgIpc) is 3.32. The Balaban J connectivity index is 1.68. The van der Waals surface area contributed by atoms with E-state index in [4.69, 9.17) is 4.52 Å². The van der Waals surface area contributed by atoms with Crippen LogP contribution >= 0.6 is 0 Å². The molecule has 3 aromatic heterocycles. The standard InChI is InChI=1S/C20H14F6N4O2/c1-10-9-30-6-5-12(8-16(30)27-10)17-28-18(32-29-17)13-3-4-15(14(7-13)20(24,25)26)31-11(2)19(21,22)23/h3-9,11H,1-2H3. The fourth-order valence-corrected chi connectivity index (χ4v) is 2.95. The number of aryl methyl sites for hydroxylation is 1. The Labute approximate surface area is 176 Å². The van der Waals surface area contributed by atoms with Gasteiger partial charge in [-0.3, -0.25) is 0 Å². The molecule has 0 fully saturated rings. The third-order valence-corrected chi connectivity index (χ3v) is 4.56. The number of hydrogen-bond acceptors (Lipinski definition) is 5. The van der Waals surface area contributed by atoms with E-state index in [0.29, 0.717) is 24.2 Å². The minimum Gasteiger partial charge on any atom is -0.481 e. The minimum absolute atomic E-state index is 0.114. The highest BCUT2D eigenvalue weighted by atomic mass is 19.4. The molecule has 0 aliphatic carbocycles. The molecule has 0 amide bonds. The lowest BCUT2D eigenvalue weighted by molar-refractivity contribution is -0.191. The summed E-state index contributed by atoms with van der Waals surface area (Å²) in [6.07, 6.45) is -8.69. The summed E-state index contributed by atoms with van der Waals surface area (Å²) in [4.78, 5) is 8.43. The molecule has 168 valence electrons. The molecule has 0 aliphatic rings. The molecule has 1 aromatic carbocycles. The van der Waals surface area contributed by atoms with Gasteiger partial charge in [0.1, 0.15) is 11.4 Å². The zero-order chi connectivity index (χ0) is 23.3. The third-order valence-electron chi connectivity index (χ3n) is 4.56. The van der Waals surface area contributed by atoms with Crippen LogP contribution in [0, 0.1) is 6.92 Å². The number of nitrogens with zero attached hydrogens (tertiary/aromatic N) is 4. The maximum atomic E-state index is 13.5. The largest absolute Gasteiger partial charge is 0.481 e. The molecule has 0 saturated heterocycles. The summed E-state index contributed by atoms with van der Waals surface area (Å²) in [7, 11) is 0. The molecule has 4 aromatic rings. The van der Waals surface area contributed by atoms with Crippen LogP contribution in [0.2, 0.25) is 0 Å². The van der Waals surface area contributed by atoms with E-state index < -0.39 is 29.8 Å². The Morgan fingerprint density at radius 2 is 1.75 bits per heavy atom. The van der Waals surface area contributed by atoms with E-state index in [1.807, 2.05) is 13.1 Å². The van der Waals surface area contributed by atoms with Crippen LogP contribution in [0.1, 0.15) is 18.2 Å². The van der Waals surface area contributed by atoms with Gasteiger partial charge >= 0.3 is 12.4 Å². The first kappa shape index (κ1) is 21.7. The lowest BCUT2D eigenvalue weighted by atomic mass is 10.1. The van der Waals surface area contributed by atoms with Gasteiger partial charge in [0.05, 0.1) is 11.3 Å². The summed E-state index contributed by atoms with van der Waals surface area (Å²) in [5.41, 5.74) is 0.415. The number of aromatic nitrogens is 4. The van der Waals surface area contributed by atoms with Crippen molar-refractivity contribution in [2.45, 2.75) is 32.3 Å². The van der Waals surface area contributed by atoms with Gasteiger partial charge in [0.2, 0.25) is 5.82 Å². The highest BCUT2D eigenvalue weighted by Gasteiger charge is 2.41. The molecule has 3 heterocycles. The Hall–Kier alpha value is -3.57. The predicted molar refractivity (Wildman–Crippen MR) is 99.8 cm³/mol. The van der Waals surface area contributed by atoms with Crippen molar-refractivity contribution >= 4 is 5.65 Å².